The Kier molecular flexibility index (Phi) is 10.0. The topological polar surface area (TPSA) is 77.0 Å². The van der Waals surface area contributed by atoms with Crippen LogP contribution in [0.15, 0.2) is 4.99 Å². The van der Waals surface area contributed by atoms with E-state index in [0.29, 0.717) is 12.5 Å². The number of aliphatic imine (C=N–C) groups is 1. The number of guanidine groups is 1. The zero-order valence-electron chi connectivity index (χ0n) is 14.6. The molecule has 0 radical (unpaired) electrons. The number of likely N-dealkylation sites (tertiary alicyclic amines) is 2. The highest BCUT2D eigenvalue weighted by molar-refractivity contribution is 14.0. The Morgan fingerprint density at radius 2 is 1.42 bits per heavy atom. The van der Waals surface area contributed by atoms with Crippen LogP contribution in [0.1, 0.15) is 39.0 Å². The summed E-state index contributed by atoms with van der Waals surface area (Å²) in [6, 6.07) is 0. The molecule has 0 aliphatic carbocycles. The normalized spacial score (nSPS) is 18.1. The molecule has 0 spiro atoms. The molecule has 0 atom stereocenters. The van der Waals surface area contributed by atoms with Crippen LogP contribution >= 0.6 is 24.0 Å². The van der Waals surface area contributed by atoms with E-state index in [1.54, 1.807) is 0 Å². The molecule has 0 unspecified atom stereocenters. The van der Waals surface area contributed by atoms with Gasteiger partial charge < -0.3 is 20.4 Å². The monoisotopic (exact) mass is 451 g/mol. The molecule has 0 aromatic heterocycles. The molecule has 2 aliphatic heterocycles. The van der Waals surface area contributed by atoms with Crippen LogP contribution in [0.25, 0.3) is 0 Å². The summed E-state index contributed by atoms with van der Waals surface area (Å²) < 4.78 is 0. The molecule has 138 valence electrons. The quantitative estimate of drug-likeness (QED) is 0.368. The smallest absolute Gasteiger partial charge is 0.244 e. The van der Waals surface area contributed by atoms with Crippen molar-refractivity contribution in [1.29, 1.82) is 0 Å². The van der Waals surface area contributed by atoms with Crippen molar-refractivity contribution in [3.8, 4) is 0 Å². The summed E-state index contributed by atoms with van der Waals surface area (Å²) in [5.74, 6) is 0.689. The predicted molar refractivity (Wildman–Crippen MR) is 106 cm³/mol. The van der Waals surface area contributed by atoms with E-state index in [-0.39, 0.29) is 48.9 Å². The number of halogens is 1. The van der Waals surface area contributed by atoms with Crippen molar-refractivity contribution >= 4 is 41.8 Å². The number of amides is 2. The van der Waals surface area contributed by atoms with E-state index in [4.69, 9.17) is 0 Å². The van der Waals surface area contributed by atoms with Crippen LogP contribution in [0.3, 0.4) is 0 Å². The third-order valence-electron chi connectivity index (χ3n) is 4.29. The Balaban J connectivity index is 0.00000288. The number of hydrogen-bond donors (Lipinski definition) is 2. The molecule has 8 heteroatoms. The fourth-order valence-electron chi connectivity index (χ4n) is 2.97. The van der Waals surface area contributed by atoms with Gasteiger partial charge in [0.15, 0.2) is 5.96 Å². The number of carbonyl (C=O) groups is 2. The van der Waals surface area contributed by atoms with Crippen LogP contribution < -0.4 is 10.6 Å². The van der Waals surface area contributed by atoms with E-state index in [0.717, 1.165) is 51.9 Å². The maximum absolute atomic E-state index is 12.2. The second-order valence-corrected chi connectivity index (χ2v) is 6.08. The van der Waals surface area contributed by atoms with E-state index in [1.807, 2.05) is 16.7 Å². The highest BCUT2D eigenvalue weighted by Crippen LogP contribution is 2.08. The summed E-state index contributed by atoms with van der Waals surface area (Å²) in [5, 5.41) is 6.12. The molecule has 2 saturated heterocycles. The lowest BCUT2D eigenvalue weighted by molar-refractivity contribution is -0.131. The third kappa shape index (κ3) is 6.82. The Morgan fingerprint density at radius 3 is 2.00 bits per heavy atom. The minimum Gasteiger partial charge on any atom is -0.357 e. The Bertz CT molecular complexity index is 432. The molecule has 2 fully saturated rings. The zero-order chi connectivity index (χ0) is 16.5. The maximum atomic E-state index is 12.2. The average molecular weight is 451 g/mol. The lowest BCUT2D eigenvalue weighted by Gasteiger charge is -2.27. The summed E-state index contributed by atoms with van der Waals surface area (Å²) in [4.78, 5) is 32.2. The van der Waals surface area contributed by atoms with Gasteiger partial charge in [0, 0.05) is 32.7 Å². The largest absolute Gasteiger partial charge is 0.357 e. The Morgan fingerprint density at radius 1 is 0.875 bits per heavy atom. The molecule has 2 rings (SSSR count). The van der Waals surface area contributed by atoms with Crippen molar-refractivity contribution in [2.45, 2.75) is 39.0 Å². The standard InChI is InChI=1S/C16H29N5O2.HI/c1-2-17-16(19-13-15(23)21-10-6-7-11-21)18-12-14(22)20-8-4-3-5-9-20;/h2-13H2,1H3,(H2,17,18,19);1H. The van der Waals surface area contributed by atoms with E-state index in [1.165, 1.54) is 6.42 Å². The summed E-state index contributed by atoms with van der Waals surface area (Å²) in [7, 11) is 0. The lowest BCUT2D eigenvalue weighted by atomic mass is 10.1. The lowest BCUT2D eigenvalue weighted by Crippen LogP contribution is -2.46. The Labute approximate surface area is 161 Å². The molecule has 0 aromatic carbocycles. The Hall–Kier alpha value is -1.06. The third-order valence-corrected chi connectivity index (χ3v) is 4.29. The van der Waals surface area contributed by atoms with Gasteiger partial charge in [-0.3, -0.25) is 9.59 Å². The van der Waals surface area contributed by atoms with Crippen LogP contribution in [0.4, 0.5) is 0 Å². The van der Waals surface area contributed by atoms with Gasteiger partial charge in [-0.2, -0.15) is 0 Å². The van der Waals surface area contributed by atoms with Gasteiger partial charge >= 0.3 is 0 Å². The van der Waals surface area contributed by atoms with Gasteiger partial charge in [0.05, 0.1) is 6.54 Å². The predicted octanol–water partition coefficient (Wildman–Crippen LogP) is 0.794. The van der Waals surface area contributed by atoms with Crippen LogP contribution in [0.2, 0.25) is 0 Å². The van der Waals surface area contributed by atoms with Crippen molar-refractivity contribution in [2.24, 2.45) is 4.99 Å². The van der Waals surface area contributed by atoms with E-state index < -0.39 is 0 Å². The van der Waals surface area contributed by atoms with Crippen LogP contribution in [-0.4, -0.2) is 73.4 Å². The van der Waals surface area contributed by atoms with Gasteiger partial charge in [-0.05, 0) is 39.0 Å². The summed E-state index contributed by atoms with van der Waals surface area (Å²) in [6.45, 7) is 6.39. The molecule has 0 saturated carbocycles. The first-order chi connectivity index (χ1) is 11.2. The van der Waals surface area contributed by atoms with Gasteiger partial charge in [0.25, 0.3) is 0 Å². The number of carbonyl (C=O) groups excluding carboxylic acids is 2. The molecule has 24 heavy (non-hydrogen) atoms. The SMILES string of the molecule is CCNC(=NCC(=O)N1CCCC1)NCC(=O)N1CCCCC1.I. The number of hydrogen-bond acceptors (Lipinski definition) is 3. The van der Waals surface area contributed by atoms with Crippen molar-refractivity contribution in [2.75, 3.05) is 45.8 Å². The number of nitrogens with one attached hydrogen (secondary N) is 2. The first-order valence-corrected chi connectivity index (χ1v) is 8.78. The first-order valence-electron chi connectivity index (χ1n) is 8.78. The number of piperidine rings is 1. The first kappa shape index (κ1) is 21.0. The van der Waals surface area contributed by atoms with Gasteiger partial charge in [-0.1, -0.05) is 0 Å². The van der Waals surface area contributed by atoms with Crippen molar-refractivity contribution < 1.29 is 9.59 Å². The van der Waals surface area contributed by atoms with Crippen LogP contribution in [-0.2, 0) is 9.59 Å². The summed E-state index contributed by atoms with van der Waals surface area (Å²) in [5.41, 5.74) is 0. The van der Waals surface area contributed by atoms with Gasteiger partial charge in [-0.15, -0.1) is 24.0 Å². The zero-order valence-corrected chi connectivity index (χ0v) is 16.9. The van der Waals surface area contributed by atoms with E-state index in [2.05, 4.69) is 15.6 Å². The van der Waals surface area contributed by atoms with Crippen LogP contribution in [0, 0.1) is 0 Å². The summed E-state index contributed by atoms with van der Waals surface area (Å²) in [6.07, 6.45) is 5.55. The fraction of sp³-hybridized carbons (Fsp3) is 0.812. The van der Waals surface area contributed by atoms with E-state index >= 15 is 0 Å². The molecule has 2 heterocycles. The fourth-order valence-corrected chi connectivity index (χ4v) is 2.97. The average Bonchev–Trinajstić information content (AvgIpc) is 3.12. The van der Waals surface area contributed by atoms with Gasteiger partial charge in [0.2, 0.25) is 11.8 Å². The molecule has 2 aliphatic rings. The van der Waals surface area contributed by atoms with Gasteiger partial charge in [-0.25, -0.2) is 4.99 Å². The second-order valence-electron chi connectivity index (χ2n) is 6.08. The molecule has 7 nitrogen and oxygen atoms in total. The highest BCUT2D eigenvalue weighted by Gasteiger charge is 2.18. The second kappa shape index (κ2) is 11.5. The highest BCUT2D eigenvalue weighted by atomic mass is 127. The molecule has 0 bridgehead atoms. The summed E-state index contributed by atoms with van der Waals surface area (Å²) >= 11 is 0. The van der Waals surface area contributed by atoms with Crippen molar-refractivity contribution in [1.82, 2.24) is 20.4 Å². The molecule has 2 amide bonds. The van der Waals surface area contributed by atoms with Crippen molar-refractivity contribution in [3.05, 3.63) is 0 Å². The number of rotatable bonds is 5. The maximum Gasteiger partial charge on any atom is 0.244 e. The molecule has 0 aromatic rings. The van der Waals surface area contributed by atoms with Gasteiger partial charge in [0.1, 0.15) is 6.54 Å². The van der Waals surface area contributed by atoms with E-state index in [9.17, 15) is 9.59 Å². The molecular formula is C16H30IN5O2. The minimum atomic E-state index is 0. The minimum absolute atomic E-state index is 0. The number of nitrogens with zero attached hydrogens (tertiary/aromatic N) is 3. The molecule has 2 N–H and O–H groups in total. The van der Waals surface area contributed by atoms with Crippen molar-refractivity contribution in [3.63, 3.8) is 0 Å². The molecular weight excluding hydrogens is 421 g/mol. The van der Waals surface area contributed by atoms with Crippen LogP contribution in [0.5, 0.6) is 0 Å².